The van der Waals surface area contributed by atoms with Crippen molar-refractivity contribution in [2.75, 3.05) is 12.4 Å². The van der Waals surface area contributed by atoms with Crippen LogP contribution in [0.15, 0.2) is 42.5 Å². The second kappa shape index (κ2) is 7.70. The summed E-state index contributed by atoms with van der Waals surface area (Å²) in [6, 6.07) is 14.6. The Hall–Kier alpha value is -2.33. The number of hydrogen-bond donors (Lipinski definition) is 1. The van der Waals surface area contributed by atoms with Crippen molar-refractivity contribution in [1.82, 2.24) is 4.98 Å². The molecule has 2 aromatic carbocycles. The van der Waals surface area contributed by atoms with Gasteiger partial charge < -0.3 is 10.1 Å². The van der Waals surface area contributed by atoms with E-state index in [1.54, 1.807) is 18.4 Å². The fraction of sp³-hybridized carbons (Fsp3) is 0.286. The van der Waals surface area contributed by atoms with E-state index in [-0.39, 0.29) is 0 Å². The van der Waals surface area contributed by atoms with E-state index in [1.165, 1.54) is 16.0 Å². The van der Waals surface area contributed by atoms with Crippen LogP contribution in [-0.4, -0.2) is 12.1 Å². The predicted molar refractivity (Wildman–Crippen MR) is 107 cm³/mol. The van der Waals surface area contributed by atoms with E-state index in [9.17, 15) is 0 Å². The Labute approximate surface area is 153 Å². The average molecular weight is 353 g/mol. The highest BCUT2D eigenvalue weighted by Crippen LogP contribution is 2.35. The van der Waals surface area contributed by atoms with E-state index in [0.717, 1.165) is 40.7 Å². The van der Waals surface area contributed by atoms with Gasteiger partial charge in [0.05, 0.1) is 12.8 Å². The molecule has 0 aliphatic carbocycles. The van der Waals surface area contributed by atoms with Crippen molar-refractivity contribution in [3.63, 3.8) is 0 Å². The Bertz CT molecular complexity index is 853. The van der Waals surface area contributed by atoms with Crippen LogP contribution in [0.1, 0.15) is 29.3 Å². The molecule has 0 saturated carbocycles. The number of thiazole rings is 1. The maximum atomic E-state index is 5.26. The van der Waals surface area contributed by atoms with Crippen molar-refractivity contribution >= 4 is 22.2 Å². The minimum Gasteiger partial charge on any atom is -0.497 e. The number of rotatable bonds is 6. The van der Waals surface area contributed by atoms with E-state index in [1.807, 2.05) is 12.1 Å². The second-order valence-electron chi connectivity index (χ2n) is 6.21. The highest BCUT2D eigenvalue weighted by molar-refractivity contribution is 7.16. The summed E-state index contributed by atoms with van der Waals surface area (Å²) in [5.41, 5.74) is 5.80. The minimum absolute atomic E-state index is 0.866. The van der Waals surface area contributed by atoms with Gasteiger partial charge in [0.15, 0.2) is 5.13 Å². The van der Waals surface area contributed by atoms with E-state index in [2.05, 4.69) is 56.4 Å². The first-order valence-electron chi connectivity index (χ1n) is 8.59. The number of methoxy groups -OCH3 is 1. The van der Waals surface area contributed by atoms with Gasteiger partial charge in [0.2, 0.25) is 0 Å². The van der Waals surface area contributed by atoms with Gasteiger partial charge in [0.1, 0.15) is 5.75 Å². The largest absolute Gasteiger partial charge is 0.497 e. The number of nitrogens with one attached hydrogen (secondary N) is 1. The molecule has 0 atom stereocenters. The zero-order chi connectivity index (χ0) is 17.8. The molecule has 0 saturated heterocycles. The maximum absolute atomic E-state index is 5.26. The van der Waals surface area contributed by atoms with Gasteiger partial charge in [-0.15, -0.1) is 11.3 Å². The lowest BCUT2D eigenvalue weighted by molar-refractivity contribution is 0.415. The normalized spacial score (nSPS) is 10.7. The summed E-state index contributed by atoms with van der Waals surface area (Å²) >= 11 is 1.74. The first-order chi connectivity index (χ1) is 12.1. The molecule has 130 valence electrons. The van der Waals surface area contributed by atoms with Gasteiger partial charge in [0.25, 0.3) is 0 Å². The topological polar surface area (TPSA) is 34.2 Å². The molecule has 0 aliphatic rings. The Balaban J connectivity index is 1.94. The Morgan fingerprint density at radius 2 is 1.84 bits per heavy atom. The molecule has 1 aromatic heterocycles. The highest BCUT2D eigenvalue weighted by atomic mass is 32.1. The van der Waals surface area contributed by atoms with Crippen molar-refractivity contribution in [3.05, 3.63) is 58.5 Å². The summed E-state index contributed by atoms with van der Waals surface area (Å²) in [5, 5.41) is 4.45. The molecule has 4 heteroatoms. The number of anilines is 2. The van der Waals surface area contributed by atoms with Crippen LogP contribution in [0.3, 0.4) is 0 Å². The van der Waals surface area contributed by atoms with E-state index in [0.29, 0.717) is 0 Å². The smallest absolute Gasteiger partial charge is 0.187 e. The summed E-state index contributed by atoms with van der Waals surface area (Å²) in [6.07, 6.45) is 2.14. The van der Waals surface area contributed by atoms with Gasteiger partial charge in [-0.05, 0) is 61.7 Å². The zero-order valence-electron chi connectivity index (χ0n) is 15.2. The predicted octanol–water partition coefficient (Wildman–Crippen LogP) is 6.13. The van der Waals surface area contributed by atoms with E-state index < -0.39 is 0 Å². The monoisotopic (exact) mass is 352 g/mol. The van der Waals surface area contributed by atoms with Crippen LogP contribution in [0.4, 0.5) is 10.8 Å². The summed E-state index contributed by atoms with van der Waals surface area (Å²) in [4.78, 5) is 6.21. The summed E-state index contributed by atoms with van der Waals surface area (Å²) in [5.74, 6) is 0.866. The standard InChI is InChI=1S/C21H24N2OS/c1-5-6-19-20(16-9-11-17(24-4)12-10-16)23-21(25-19)22-18-13-14(2)7-8-15(18)3/h7-13H,5-6H2,1-4H3,(H,22,23). The van der Waals surface area contributed by atoms with E-state index in [4.69, 9.17) is 9.72 Å². The van der Waals surface area contributed by atoms with Crippen LogP contribution >= 0.6 is 11.3 Å². The third-order valence-electron chi connectivity index (χ3n) is 4.17. The van der Waals surface area contributed by atoms with Crippen LogP contribution in [0, 0.1) is 13.8 Å². The Kier molecular flexibility index (Phi) is 5.39. The molecule has 0 spiro atoms. The SMILES string of the molecule is CCCc1sc(Nc2cc(C)ccc2C)nc1-c1ccc(OC)cc1. The van der Waals surface area contributed by atoms with Crippen LogP contribution in [0.5, 0.6) is 5.75 Å². The molecular weight excluding hydrogens is 328 g/mol. The molecule has 0 aliphatic heterocycles. The van der Waals surface area contributed by atoms with Crippen molar-refractivity contribution in [1.29, 1.82) is 0 Å². The molecule has 25 heavy (non-hydrogen) atoms. The number of aromatic nitrogens is 1. The lowest BCUT2D eigenvalue weighted by Gasteiger charge is -2.07. The molecule has 3 nitrogen and oxygen atoms in total. The molecule has 0 bridgehead atoms. The van der Waals surface area contributed by atoms with Crippen LogP contribution in [0.2, 0.25) is 0 Å². The van der Waals surface area contributed by atoms with Gasteiger partial charge in [0, 0.05) is 16.1 Å². The summed E-state index contributed by atoms with van der Waals surface area (Å²) in [6.45, 7) is 6.43. The first-order valence-corrected chi connectivity index (χ1v) is 9.40. The number of aryl methyl sites for hydroxylation is 3. The average Bonchev–Trinajstić information content (AvgIpc) is 3.01. The Morgan fingerprint density at radius 3 is 2.52 bits per heavy atom. The lowest BCUT2D eigenvalue weighted by atomic mass is 10.1. The molecule has 0 radical (unpaired) electrons. The third kappa shape index (κ3) is 4.02. The van der Waals surface area contributed by atoms with Crippen molar-refractivity contribution in [2.45, 2.75) is 33.6 Å². The number of ether oxygens (including phenoxy) is 1. The number of nitrogens with zero attached hydrogens (tertiary/aromatic N) is 1. The summed E-state index contributed by atoms with van der Waals surface area (Å²) < 4.78 is 5.26. The number of benzene rings is 2. The molecule has 0 fully saturated rings. The van der Waals surface area contributed by atoms with Gasteiger partial charge in [-0.25, -0.2) is 4.98 Å². The minimum atomic E-state index is 0.866. The lowest BCUT2D eigenvalue weighted by Crippen LogP contribution is -1.93. The fourth-order valence-electron chi connectivity index (χ4n) is 2.76. The highest BCUT2D eigenvalue weighted by Gasteiger charge is 2.13. The van der Waals surface area contributed by atoms with E-state index >= 15 is 0 Å². The fourth-order valence-corrected chi connectivity index (χ4v) is 3.86. The third-order valence-corrected chi connectivity index (χ3v) is 5.20. The van der Waals surface area contributed by atoms with Crippen molar-refractivity contribution in [3.8, 4) is 17.0 Å². The van der Waals surface area contributed by atoms with Crippen LogP contribution in [0.25, 0.3) is 11.3 Å². The second-order valence-corrected chi connectivity index (χ2v) is 7.30. The summed E-state index contributed by atoms with van der Waals surface area (Å²) in [7, 11) is 1.69. The number of hydrogen-bond acceptors (Lipinski definition) is 4. The van der Waals surface area contributed by atoms with Crippen molar-refractivity contribution < 1.29 is 4.74 Å². The Morgan fingerprint density at radius 1 is 1.08 bits per heavy atom. The molecule has 3 aromatic rings. The maximum Gasteiger partial charge on any atom is 0.187 e. The molecule has 3 rings (SSSR count). The van der Waals surface area contributed by atoms with Crippen LogP contribution in [-0.2, 0) is 6.42 Å². The quantitative estimate of drug-likeness (QED) is 0.579. The molecule has 1 heterocycles. The molecule has 0 amide bonds. The zero-order valence-corrected chi connectivity index (χ0v) is 16.0. The van der Waals surface area contributed by atoms with Gasteiger partial charge in [-0.3, -0.25) is 0 Å². The van der Waals surface area contributed by atoms with Crippen LogP contribution < -0.4 is 10.1 Å². The first kappa shape index (κ1) is 17.5. The van der Waals surface area contributed by atoms with Gasteiger partial charge in [-0.2, -0.15) is 0 Å². The van der Waals surface area contributed by atoms with Crippen molar-refractivity contribution in [2.24, 2.45) is 0 Å². The molecule has 0 unspecified atom stereocenters. The molecular formula is C21H24N2OS. The van der Waals surface area contributed by atoms with Gasteiger partial charge >= 0.3 is 0 Å². The molecule has 1 N–H and O–H groups in total. The van der Waals surface area contributed by atoms with Gasteiger partial charge in [-0.1, -0.05) is 25.5 Å².